The highest BCUT2D eigenvalue weighted by Gasteiger charge is 2.16. The van der Waals surface area contributed by atoms with Crippen LogP contribution in [0.2, 0.25) is 0 Å². The lowest BCUT2D eigenvalue weighted by molar-refractivity contribution is 0.299. The molecule has 0 spiro atoms. The molecular formula is C11H18N4O2. The van der Waals surface area contributed by atoms with E-state index < -0.39 is 0 Å². The predicted molar refractivity (Wildman–Crippen MR) is 66.3 cm³/mol. The number of oxime groups is 1. The molecule has 94 valence electrons. The van der Waals surface area contributed by atoms with E-state index in [0.29, 0.717) is 12.2 Å². The van der Waals surface area contributed by atoms with Gasteiger partial charge in [0.2, 0.25) is 0 Å². The van der Waals surface area contributed by atoms with Crippen molar-refractivity contribution in [3.8, 4) is 0 Å². The maximum absolute atomic E-state index is 9.06. The number of rotatable bonds is 5. The monoisotopic (exact) mass is 238 g/mol. The summed E-state index contributed by atoms with van der Waals surface area (Å²) < 4.78 is 0. The number of aliphatic hydroxyl groups is 1. The molecule has 0 saturated carbocycles. The Bertz CT molecular complexity index is 393. The molecule has 0 aliphatic heterocycles. The Balaban J connectivity index is 3.18. The number of hydrogen-bond donors (Lipinski definition) is 3. The van der Waals surface area contributed by atoms with Crippen LogP contribution in [0.5, 0.6) is 0 Å². The number of anilines is 1. The van der Waals surface area contributed by atoms with Gasteiger partial charge in [0.1, 0.15) is 5.69 Å². The van der Waals surface area contributed by atoms with Gasteiger partial charge in [-0.15, -0.1) is 0 Å². The van der Waals surface area contributed by atoms with Crippen LogP contribution >= 0.6 is 0 Å². The summed E-state index contributed by atoms with van der Waals surface area (Å²) in [6.45, 7) is 4.50. The minimum atomic E-state index is -0.0378. The van der Waals surface area contributed by atoms with Crippen molar-refractivity contribution in [2.75, 3.05) is 18.1 Å². The second-order valence-corrected chi connectivity index (χ2v) is 3.87. The number of aromatic nitrogens is 1. The van der Waals surface area contributed by atoms with Gasteiger partial charge in [-0.05, 0) is 26.0 Å². The Labute approximate surface area is 100 Å². The van der Waals surface area contributed by atoms with Gasteiger partial charge < -0.3 is 20.9 Å². The molecule has 1 aromatic heterocycles. The van der Waals surface area contributed by atoms with Crippen molar-refractivity contribution >= 4 is 11.5 Å². The predicted octanol–water partition coefficient (Wildman–Crippen LogP) is 0.383. The minimum Gasteiger partial charge on any atom is -0.409 e. The topological polar surface area (TPSA) is 95.0 Å². The molecule has 0 atom stereocenters. The Kier molecular flexibility index (Phi) is 4.71. The minimum absolute atomic E-state index is 0.0304. The van der Waals surface area contributed by atoms with Crippen molar-refractivity contribution in [3.05, 3.63) is 24.0 Å². The van der Waals surface area contributed by atoms with E-state index in [-0.39, 0.29) is 18.5 Å². The molecule has 17 heavy (non-hydrogen) atoms. The highest BCUT2D eigenvalue weighted by atomic mass is 16.4. The standard InChI is InChI=1S/C11H18N4O2/c1-8(2)15(6-7-16)9-4-3-5-13-10(9)11(12)14-17/h3-5,8,16-17H,6-7H2,1-2H3,(H2,12,14). The number of nitrogens with two attached hydrogens (primary N) is 1. The second-order valence-electron chi connectivity index (χ2n) is 3.87. The number of amidine groups is 1. The van der Waals surface area contributed by atoms with Crippen LogP contribution in [0.3, 0.4) is 0 Å². The summed E-state index contributed by atoms with van der Waals surface area (Å²) in [6.07, 6.45) is 1.58. The van der Waals surface area contributed by atoms with Gasteiger partial charge in [-0.25, -0.2) is 0 Å². The SMILES string of the molecule is CC(C)N(CCO)c1cccnc1/C(N)=N/O. The molecule has 0 amide bonds. The smallest absolute Gasteiger partial charge is 0.190 e. The maximum Gasteiger partial charge on any atom is 0.190 e. The van der Waals surface area contributed by atoms with Gasteiger partial charge in [0.15, 0.2) is 5.84 Å². The van der Waals surface area contributed by atoms with Crippen LogP contribution < -0.4 is 10.6 Å². The summed E-state index contributed by atoms with van der Waals surface area (Å²) in [5.74, 6) is -0.0378. The first-order valence-electron chi connectivity index (χ1n) is 5.42. The summed E-state index contributed by atoms with van der Waals surface area (Å²) in [6, 6.07) is 3.78. The molecule has 0 radical (unpaired) electrons. The first-order valence-corrected chi connectivity index (χ1v) is 5.42. The third kappa shape index (κ3) is 3.07. The molecule has 0 unspecified atom stereocenters. The zero-order valence-electron chi connectivity index (χ0n) is 10.0. The summed E-state index contributed by atoms with van der Waals surface area (Å²) in [5, 5.41) is 20.7. The average Bonchev–Trinajstić information content (AvgIpc) is 2.34. The van der Waals surface area contributed by atoms with Gasteiger partial charge in [0.25, 0.3) is 0 Å². The zero-order valence-corrected chi connectivity index (χ0v) is 10.0. The van der Waals surface area contributed by atoms with Gasteiger partial charge in [0.05, 0.1) is 12.3 Å². The largest absolute Gasteiger partial charge is 0.409 e. The molecule has 6 nitrogen and oxygen atoms in total. The maximum atomic E-state index is 9.06. The number of aliphatic hydroxyl groups excluding tert-OH is 1. The van der Waals surface area contributed by atoms with E-state index in [4.69, 9.17) is 16.0 Å². The van der Waals surface area contributed by atoms with Crippen molar-refractivity contribution in [1.82, 2.24) is 4.98 Å². The van der Waals surface area contributed by atoms with Crippen molar-refractivity contribution in [2.24, 2.45) is 10.9 Å². The lowest BCUT2D eigenvalue weighted by Gasteiger charge is -2.29. The average molecular weight is 238 g/mol. The van der Waals surface area contributed by atoms with E-state index in [1.807, 2.05) is 24.8 Å². The van der Waals surface area contributed by atoms with E-state index in [0.717, 1.165) is 5.69 Å². The third-order valence-corrected chi connectivity index (χ3v) is 2.41. The van der Waals surface area contributed by atoms with Gasteiger partial charge >= 0.3 is 0 Å². The second kappa shape index (κ2) is 6.05. The van der Waals surface area contributed by atoms with Crippen LogP contribution in [0.25, 0.3) is 0 Å². The lowest BCUT2D eigenvalue weighted by Crippen LogP contribution is -2.35. The fraction of sp³-hybridized carbons (Fsp3) is 0.455. The van der Waals surface area contributed by atoms with Crippen molar-refractivity contribution in [2.45, 2.75) is 19.9 Å². The molecule has 0 bridgehead atoms. The van der Waals surface area contributed by atoms with Gasteiger partial charge in [-0.2, -0.15) is 0 Å². The molecule has 1 heterocycles. The highest BCUT2D eigenvalue weighted by molar-refractivity contribution is 6.00. The summed E-state index contributed by atoms with van der Waals surface area (Å²) in [4.78, 5) is 6.04. The molecule has 1 aromatic rings. The lowest BCUT2D eigenvalue weighted by atomic mass is 10.2. The summed E-state index contributed by atoms with van der Waals surface area (Å²) >= 11 is 0. The van der Waals surface area contributed by atoms with Crippen LogP contribution in [0.4, 0.5) is 5.69 Å². The molecule has 4 N–H and O–H groups in total. The first kappa shape index (κ1) is 13.2. The van der Waals surface area contributed by atoms with Crippen LogP contribution in [-0.2, 0) is 0 Å². The summed E-state index contributed by atoms with van der Waals surface area (Å²) in [7, 11) is 0. The molecule has 0 aliphatic rings. The molecule has 0 aliphatic carbocycles. The number of hydrogen-bond acceptors (Lipinski definition) is 5. The quantitative estimate of drug-likeness (QED) is 0.298. The molecule has 1 rings (SSSR count). The van der Waals surface area contributed by atoms with Crippen molar-refractivity contribution < 1.29 is 10.3 Å². The van der Waals surface area contributed by atoms with E-state index in [9.17, 15) is 0 Å². The van der Waals surface area contributed by atoms with E-state index in [2.05, 4.69) is 10.1 Å². The summed E-state index contributed by atoms with van der Waals surface area (Å²) in [5.41, 5.74) is 6.73. The van der Waals surface area contributed by atoms with Crippen molar-refractivity contribution in [1.29, 1.82) is 0 Å². The fourth-order valence-electron chi connectivity index (χ4n) is 1.64. The third-order valence-electron chi connectivity index (χ3n) is 2.41. The van der Waals surface area contributed by atoms with Crippen LogP contribution in [-0.4, -0.2) is 40.3 Å². The molecule has 6 heteroatoms. The van der Waals surface area contributed by atoms with E-state index in [1.54, 1.807) is 12.3 Å². The Hall–Kier alpha value is -1.82. The molecule has 0 saturated heterocycles. The molecular weight excluding hydrogens is 220 g/mol. The molecule has 0 aromatic carbocycles. The van der Waals surface area contributed by atoms with Crippen LogP contribution in [0, 0.1) is 0 Å². The van der Waals surface area contributed by atoms with Crippen molar-refractivity contribution in [3.63, 3.8) is 0 Å². The fourth-order valence-corrected chi connectivity index (χ4v) is 1.64. The first-order chi connectivity index (χ1) is 8.11. The number of nitrogens with zero attached hydrogens (tertiary/aromatic N) is 3. The van der Waals surface area contributed by atoms with Gasteiger partial charge in [0, 0.05) is 18.8 Å². The van der Waals surface area contributed by atoms with E-state index in [1.165, 1.54) is 0 Å². The highest BCUT2D eigenvalue weighted by Crippen LogP contribution is 2.20. The zero-order chi connectivity index (χ0) is 12.8. The Morgan fingerprint density at radius 3 is 2.82 bits per heavy atom. The Morgan fingerprint density at radius 1 is 1.59 bits per heavy atom. The van der Waals surface area contributed by atoms with Crippen LogP contribution in [0.15, 0.2) is 23.5 Å². The Morgan fingerprint density at radius 2 is 2.29 bits per heavy atom. The van der Waals surface area contributed by atoms with Gasteiger partial charge in [-0.1, -0.05) is 5.16 Å². The number of pyridine rings is 1. The van der Waals surface area contributed by atoms with Gasteiger partial charge in [-0.3, -0.25) is 4.98 Å². The normalized spacial score (nSPS) is 11.9. The molecule has 0 fully saturated rings. The van der Waals surface area contributed by atoms with Crippen LogP contribution in [0.1, 0.15) is 19.5 Å². The van der Waals surface area contributed by atoms with E-state index >= 15 is 0 Å².